The molecule has 2 N–H and O–H groups in total. The van der Waals surface area contributed by atoms with Crippen molar-refractivity contribution in [2.45, 2.75) is 17.1 Å². The maximum atomic E-state index is 13.6. The van der Waals surface area contributed by atoms with Gasteiger partial charge in [0.15, 0.2) is 9.84 Å². The Hall–Kier alpha value is -1.96. The van der Waals surface area contributed by atoms with Gasteiger partial charge in [-0.25, -0.2) is 17.6 Å². The molecule has 6 nitrogen and oxygen atoms in total. The van der Waals surface area contributed by atoms with E-state index in [2.05, 4.69) is 5.32 Å². The summed E-state index contributed by atoms with van der Waals surface area (Å²) >= 11 is 0. The van der Waals surface area contributed by atoms with Crippen molar-refractivity contribution in [1.82, 2.24) is 5.32 Å². The number of rotatable bonds is 4. The van der Waals surface area contributed by atoms with Crippen LogP contribution in [0.15, 0.2) is 23.1 Å². The van der Waals surface area contributed by atoms with Crippen LogP contribution in [0.25, 0.3) is 0 Å². The Morgan fingerprint density at radius 2 is 1.95 bits per heavy atom. The van der Waals surface area contributed by atoms with Gasteiger partial charge in [-0.15, -0.1) is 0 Å². The fourth-order valence-corrected chi connectivity index (χ4v) is 2.80. The Morgan fingerprint density at radius 1 is 1.37 bits per heavy atom. The van der Waals surface area contributed by atoms with E-state index in [1.54, 1.807) is 0 Å². The Kier molecular flexibility index (Phi) is 4.25. The summed E-state index contributed by atoms with van der Waals surface area (Å²) in [6.07, 6.45) is 0. The topological polar surface area (TPSA) is 101 Å². The molecule has 0 radical (unpaired) electrons. The molecule has 0 saturated carbocycles. The SMILES string of the molecule is CNC(=O)C(C)S(=O)(=O)c1cc(C(=O)O)ccc1F. The molecular weight excluding hydrogens is 277 g/mol. The number of benzene rings is 1. The molecule has 104 valence electrons. The number of carbonyl (C=O) groups is 2. The molecule has 1 rings (SSSR count). The number of sulfone groups is 1. The van der Waals surface area contributed by atoms with Gasteiger partial charge >= 0.3 is 5.97 Å². The lowest BCUT2D eigenvalue weighted by molar-refractivity contribution is -0.119. The molecule has 0 aliphatic rings. The molecule has 0 aromatic heterocycles. The highest BCUT2D eigenvalue weighted by Crippen LogP contribution is 2.21. The number of carboxylic acid groups (broad SMARTS) is 1. The molecule has 1 amide bonds. The lowest BCUT2D eigenvalue weighted by Gasteiger charge is -2.12. The highest BCUT2D eigenvalue weighted by Gasteiger charge is 2.32. The Morgan fingerprint density at radius 3 is 2.42 bits per heavy atom. The molecule has 1 unspecified atom stereocenters. The standard InChI is InChI=1S/C11H12FNO5S/c1-6(10(14)13-2)19(17,18)9-5-7(11(15)16)3-4-8(9)12/h3-6H,1-2H3,(H,13,14)(H,15,16). The minimum absolute atomic E-state index is 0.371. The van der Waals surface area contributed by atoms with Crippen LogP contribution in [0.1, 0.15) is 17.3 Å². The van der Waals surface area contributed by atoms with Crippen molar-refractivity contribution in [3.05, 3.63) is 29.6 Å². The number of hydrogen-bond acceptors (Lipinski definition) is 4. The highest BCUT2D eigenvalue weighted by atomic mass is 32.2. The van der Waals surface area contributed by atoms with Crippen LogP contribution < -0.4 is 5.32 Å². The molecule has 0 fully saturated rings. The van der Waals surface area contributed by atoms with Crippen LogP contribution in [0.5, 0.6) is 0 Å². The first-order valence-electron chi connectivity index (χ1n) is 5.20. The van der Waals surface area contributed by atoms with Crippen LogP contribution in [0.4, 0.5) is 4.39 Å². The normalized spacial score (nSPS) is 12.8. The Bertz CT molecular complexity index is 626. The summed E-state index contributed by atoms with van der Waals surface area (Å²) in [5.41, 5.74) is -0.371. The fraction of sp³-hybridized carbons (Fsp3) is 0.273. The third-order valence-electron chi connectivity index (χ3n) is 2.57. The van der Waals surface area contributed by atoms with Crippen molar-refractivity contribution in [2.75, 3.05) is 7.05 Å². The summed E-state index contributed by atoms with van der Waals surface area (Å²) in [7, 11) is -3.04. The van der Waals surface area contributed by atoms with E-state index in [0.29, 0.717) is 6.07 Å². The van der Waals surface area contributed by atoms with Crippen molar-refractivity contribution >= 4 is 21.7 Å². The van der Waals surface area contributed by atoms with Crippen LogP contribution >= 0.6 is 0 Å². The van der Waals surface area contributed by atoms with E-state index >= 15 is 0 Å². The van der Waals surface area contributed by atoms with Gasteiger partial charge in [-0.1, -0.05) is 0 Å². The minimum atomic E-state index is -4.29. The van der Waals surface area contributed by atoms with Crippen LogP contribution in [0.2, 0.25) is 0 Å². The van der Waals surface area contributed by atoms with Gasteiger partial charge in [-0.2, -0.15) is 0 Å². The number of aromatic carboxylic acids is 1. The molecule has 1 aromatic rings. The maximum Gasteiger partial charge on any atom is 0.335 e. The minimum Gasteiger partial charge on any atom is -0.478 e. The number of carbonyl (C=O) groups excluding carboxylic acids is 1. The lowest BCUT2D eigenvalue weighted by Crippen LogP contribution is -2.36. The van der Waals surface area contributed by atoms with Gasteiger partial charge in [0.05, 0.1) is 5.56 Å². The summed E-state index contributed by atoms with van der Waals surface area (Å²) in [4.78, 5) is 21.3. The zero-order valence-corrected chi connectivity index (χ0v) is 11.0. The second-order valence-electron chi connectivity index (χ2n) is 3.75. The first-order chi connectivity index (χ1) is 8.71. The summed E-state index contributed by atoms with van der Waals surface area (Å²) in [5.74, 6) is -3.29. The molecule has 19 heavy (non-hydrogen) atoms. The van der Waals surface area contributed by atoms with Crippen LogP contribution in [-0.2, 0) is 14.6 Å². The van der Waals surface area contributed by atoms with E-state index < -0.39 is 37.7 Å². The van der Waals surface area contributed by atoms with Crippen molar-refractivity contribution in [2.24, 2.45) is 0 Å². The predicted octanol–water partition coefficient (Wildman–Crippen LogP) is 0.432. The van der Waals surface area contributed by atoms with E-state index in [0.717, 1.165) is 19.1 Å². The maximum absolute atomic E-state index is 13.6. The molecule has 1 aromatic carbocycles. The number of amides is 1. The molecule has 0 aliphatic carbocycles. The largest absolute Gasteiger partial charge is 0.478 e. The third-order valence-corrected chi connectivity index (χ3v) is 4.64. The zero-order chi connectivity index (χ0) is 14.8. The van der Waals surface area contributed by atoms with Gasteiger partial charge in [0.25, 0.3) is 0 Å². The van der Waals surface area contributed by atoms with Crippen molar-refractivity contribution in [3.63, 3.8) is 0 Å². The first-order valence-corrected chi connectivity index (χ1v) is 6.74. The van der Waals surface area contributed by atoms with Gasteiger partial charge in [-0.05, 0) is 25.1 Å². The van der Waals surface area contributed by atoms with E-state index in [4.69, 9.17) is 5.11 Å². The molecule has 0 bridgehead atoms. The Balaban J connectivity index is 3.40. The monoisotopic (exact) mass is 289 g/mol. The average Bonchev–Trinajstić information content (AvgIpc) is 2.36. The van der Waals surface area contributed by atoms with Gasteiger partial charge < -0.3 is 10.4 Å². The van der Waals surface area contributed by atoms with E-state index in [1.807, 2.05) is 0 Å². The third kappa shape index (κ3) is 2.90. The highest BCUT2D eigenvalue weighted by molar-refractivity contribution is 7.92. The molecule has 0 heterocycles. The molecular formula is C11H12FNO5S. The lowest BCUT2D eigenvalue weighted by atomic mass is 10.2. The zero-order valence-electron chi connectivity index (χ0n) is 10.2. The summed E-state index contributed by atoms with van der Waals surface area (Å²) in [6.45, 7) is 1.10. The molecule has 0 saturated heterocycles. The van der Waals surface area contributed by atoms with E-state index in [9.17, 15) is 22.4 Å². The second-order valence-corrected chi connectivity index (χ2v) is 5.99. The second kappa shape index (κ2) is 5.35. The van der Waals surface area contributed by atoms with Crippen molar-refractivity contribution in [3.8, 4) is 0 Å². The summed E-state index contributed by atoms with van der Waals surface area (Å²) in [5, 5.41) is 9.39. The van der Waals surface area contributed by atoms with Crippen LogP contribution in [-0.4, -0.2) is 37.7 Å². The predicted molar refractivity (Wildman–Crippen MR) is 64.1 cm³/mol. The molecule has 1 atom stereocenters. The smallest absolute Gasteiger partial charge is 0.335 e. The number of halogens is 1. The van der Waals surface area contributed by atoms with Crippen LogP contribution in [0.3, 0.4) is 0 Å². The van der Waals surface area contributed by atoms with Gasteiger partial charge in [-0.3, -0.25) is 4.79 Å². The van der Waals surface area contributed by atoms with Crippen molar-refractivity contribution in [1.29, 1.82) is 0 Å². The Labute approximate surface area is 109 Å². The van der Waals surface area contributed by atoms with Gasteiger partial charge in [0, 0.05) is 7.05 Å². The molecule has 0 aliphatic heterocycles. The quantitative estimate of drug-likeness (QED) is 0.837. The van der Waals surface area contributed by atoms with Gasteiger partial charge in [0.2, 0.25) is 5.91 Å². The van der Waals surface area contributed by atoms with E-state index in [-0.39, 0.29) is 5.56 Å². The van der Waals surface area contributed by atoms with Gasteiger partial charge in [0.1, 0.15) is 16.0 Å². The van der Waals surface area contributed by atoms with E-state index in [1.165, 1.54) is 7.05 Å². The van der Waals surface area contributed by atoms with Crippen molar-refractivity contribution < 1.29 is 27.5 Å². The number of carboxylic acids is 1. The number of nitrogens with one attached hydrogen (secondary N) is 1. The average molecular weight is 289 g/mol. The molecule has 0 spiro atoms. The summed E-state index contributed by atoms with van der Waals surface area (Å²) in [6, 6.07) is 2.39. The first kappa shape index (κ1) is 15.1. The van der Waals surface area contributed by atoms with Crippen LogP contribution in [0, 0.1) is 5.82 Å². The number of hydrogen-bond donors (Lipinski definition) is 2. The molecule has 8 heteroatoms. The fourth-order valence-electron chi connectivity index (χ4n) is 1.39. The summed E-state index contributed by atoms with van der Waals surface area (Å²) < 4.78 is 37.6.